The van der Waals surface area contributed by atoms with E-state index in [0.717, 1.165) is 11.6 Å². The van der Waals surface area contributed by atoms with E-state index in [1.165, 1.54) is 26.4 Å². The van der Waals surface area contributed by atoms with Crippen molar-refractivity contribution in [2.75, 3.05) is 30.9 Å². The fourth-order valence-corrected chi connectivity index (χ4v) is 1.87. The Bertz CT molecular complexity index is 434. The van der Waals surface area contributed by atoms with Gasteiger partial charge in [-0.3, -0.25) is 4.79 Å². The molecule has 0 saturated heterocycles. The lowest BCUT2D eigenvalue weighted by atomic mass is 9.93. The molecule has 0 bridgehead atoms. The SMILES string of the molecule is COC(=O)CCN(C)c1cc(NC2CCC2)ncn1. The van der Waals surface area contributed by atoms with E-state index < -0.39 is 0 Å². The van der Waals surface area contributed by atoms with Crippen molar-refractivity contribution in [3.8, 4) is 0 Å². The van der Waals surface area contributed by atoms with Crippen molar-refractivity contribution in [3.05, 3.63) is 12.4 Å². The standard InChI is InChI=1S/C13H20N4O2/c1-17(7-6-13(18)19-2)12-8-11(14-9-15-12)16-10-4-3-5-10/h8-10H,3-7H2,1-2H3,(H,14,15,16). The van der Waals surface area contributed by atoms with Crippen molar-refractivity contribution in [1.82, 2.24) is 9.97 Å². The second kappa shape index (κ2) is 6.36. The zero-order valence-electron chi connectivity index (χ0n) is 11.4. The third-order valence-corrected chi connectivity index (χ3v) is 3.38. The van der Waals surface area contributed by atoms with Crippen molar-refractivity contribution >= 4 is 17.6 Å². The maximum atomic E-state index is 11.1. The summed E-state index contributed by atoms with van der Waals surface area (Å²) in [5.74, 6) is 1.44. The van der Waals surface area contributed by atoms with Crippen LogP contribution in [0, 0.1) is 0 Å². The molecule has 0 unspecified atom stereocenters. The van der Waals surface area contributed by atoms with Gasteiger partial charge in [-0.15, -0.1) is 0 Å². The summed E-state index contributed by atoms with van der Waals surface area (Å²) in [6.07, 6.45) is 5.59. The third kappa shape index (κ3) is 3.81. The van der Waals surface area contributed by atoms with E-state index >= 15 is 0 Å². The third-order valence-electron chi connectivity index (χ3n) is 3.38. The maximum Gasteiger partial charge on any atom is 0.307 e. The molecule has 1 aliphatic carbocycles. The summed E-state index contributed by atoms with van der Waals surface area (Å²) in [5.41, 5.74) is 0. The lowest BCUT2D eigenvalue weighted by molar-refractivity contribution is -0.140. The number of anilines is 2. The van der Waals surface area contributed by atoms with Crippen LogP contribution in [0.4, 0.5) is 11.6 Å². The zero-order valence-corrected chi connectivity index (χ0v) is 11.4. The Labute approximate surface area is 113 Å². The number of hydrogen-bond acceptors (Lipinski definition) is 6. The molecule has 0 amide bonds. The lowest BCUT2D eigenvalue weighted by Gasteiger charge is -2.27. The number of methoxy groups -OCH3 is 1. The smallest absolute Gasteiger partial charge is 0.307 e. The molecular formula is C13H20N4O2. The molecule has 0 spiro atoms. The normalized spacial score (nSPS) is 14.6. The van der Waals surface area contributed by atoms with Crippen LogP contribution in [0.5, 0.6) is 0 Å². The Morgan fingerprint density at radius 1 is 1.53 bits per heavy atom. The van der Waals surface area contributed by atoms with Gasteiger partial charge >= 0.3 is 5.97 Å². The summed E-state index contributed by atoms with van der Waals surface area (Å²) in [7, 11) is 3.30. The summed E-state index contributed by atoms with van der Waals surface area (Å²) in [6, 6.07) is 2.46. The highest BCUT2D eigenvalue weighted by Gasteiger charge is 2.17. The van der Waals surface area contributed by atoms with E-state index in [4.69, 9.17) is 0 Å². The van der Waals surface area contributed by atoms with Crippen LogP contribution in [0.1, 0.15) is 25.7 Å². The number of carbonyl (C=O) groups is 1. The second-order valence-electron chi connectivity index (χ2n) is 4.78. The first-order valence-electron chi connectivity index (χ1n) is 6.55. The summed E-state index contributed by atoms with van der Waals surface area (Å²) < 4.78 is 4.62. The topological polar surface area (TPSA) is 67.3 Å². The fourth-order valence-electron chi connectivity index (χ4n) is 1.87. The highest BCUT2D eigenvalue weighted by atomic mass is 16.5. The number of hydrogen-bond donors (Lipinski definition) is 1. The van der Waals surface area contributed by atoms with E-state index in [2.05, 4.69) is 20.0 Å². The molecule has 1 fully saturated rings. The van der Waals surface area contributed by atoms with Gasteiger partial charge in [-0.1, -0.05) is 0 Å². The molecule has 1 aromatic heterocycles. The van der Waals surface area contributed by atoms with Crippen LogP contribution in [0.15, 0.2) is 12.4 Å². The van der Waals surface area contributed by atoms with Crippen LogP contribution in [-0.4, -0.2) is 42.7 Å². The van der Waals surface area contributed by atoms with Gasteiger partial charge in [0.25, 0.3) is 0 Å². The van der Waals surface area contributed by atoms with Crippen LogP contribution < -0.4 is 10.2 Å². The maximum absolute atomic E-state index is 11.1. The fraction of sp³-hybridized carbons (Fsp3) is 0.615. The Balaban J connectivity index is 1.91. The van der Waals surface area contributed by atoms with Crippen LogP contribution in [0.3, 0.4) is 0 Å². The van der Waals surface area contributed by atoms with Gasteiger partial charge < -0.3 is 15.0 Å². The number of aromatic nitrogens is 2. The molecule has 0 aliphatic heterocycles. The highest BCUT2D eigenvalue weighted by molar-refractivity contribution is 5.69. The quantitative estimate of drug-likeness (QED) is 0.784. The Morgan fingerprint density at radius 2 is 2.32 bits per heavy atom. The van der Waals surface area contributed by atoms with Crippen molar-refractivity contribution in [2.45, 2.75) is 31.7 Å². The van der Waals surface area contributed by atoms with Crippen molar-refractivity contribution < 1.29 is 9.53 Å². The zero-order chi connectivity index (χ0) is 13.7. The van der Waals surface area contributed by atoms with Crippen molar-refractivity contribution in [3.63, 3.8) is 0 Å². The molecule has 104 valence electrons. The predicted octanol–water partition coefficient (Wildman–Crippen LogP) is 1.44. The molecule has 19 heavy (non-hydrogen) atoms. The van der Waals surface area contributed by atoms with Gasteiger partial charge in [0.2, 0.25) is 0 Å². The van der Waals surface area contributed by atoms with Crippen LogP contribution in [0.2, 0.25) is 0 Å². The second-order valence-corrected chi connectivity index (χ2v) is 4.78. The first-order valence-corrected chi connectivity index (χ1v) is 6.55. The average Bonchev–Trinajstić information content (AvgIpc) is 2.40. The molecule has 2 rings (SSSR count). The van der Waals surface area contributed by atoms with E-state index in [1.807, 2.05) is 18.0 Å². The molecule has 0 radical (unpaired) electrons. The summed E-state index contributed by atoms with van der Waals surface area (Å²) in [4.78, 5) is 21.5. The summed E-state index contributed by atoms with van der Waals surface area (Å²) in [5, 5.41) is 3.38. The van der Waals surface area contributed by atoms with E-state index in [0.29, 0.717) is 19.0 Å². The molecule has 1 aromatic rings. The predicted molar refractivity (Wildman–Crippen MR) is 73.2 cm³/mol. The average molecular weight is 264 g/mol. The van der Waals surface area contributed by atoms with Gasteiger partial charge in [-0.25, -0.2) is 9.97 Å². The monoisotopic (exact) mass is 264 g/mol. The number of nitrogens with zero attached hydrogens (tertiary/aromatic N) is 3. The molecular weight excluding hydrogens is 244 g/mol. The molecule has 6 nitrogen and oxygen atoms in total. The molecule has 1 heterocycles. The molecule has 6 heteroatoms. The number of rotatable bonds is 6. The largest absolute Gasteiger partial charge is 0.469 e. The number of esters is 1. The van der Waals surface area contributed by atoms with Gasteiger partial charge in [0.05, 0.1) is 13.5 Å². The van der Waals surface area contributed by atoms with Gasteiger partial charge in [0.15, 0.2) is 0 Å². The van der Waals surface area contributed by atoms with Gasteiger partial charge in [-0.2, -0.15) is 0 Å². The highest BCUT2D eigenvalue weighted by Crippen LogP contribution is 2.23. The molecule has 0 atom stereocenters. The summed E-state index contributed by atoms with van der Waals surface area (Å²) >= 11 is 0. The van der Waals surface area contributed by atoms with E-state index in [-0.39, 0.29) is 5.97 Å². The van der Waals surface area contributed by atoms with Crippen LogP contribution in [-0.2, 0) is 9.53 Å². The summed E-state index contributed by atoms with van der Waals surface area (Å²) in [6.45, 7) is 0.576. The van der Waals surface area contributed by atoms with Gasteiger partial charge in [-0.05, 0) is 19.3 Å². The Morgan fingerprint density at radius 3 is 2.95 bits per heavy atom. The first-order chi connectivity index (χ1) is 9.19. The van der Waals surface area contributed by atoms with Crippen LogP contribution in [0.25, 0.3) is 0 Å². The first kappa shape index (κ1) is 13.6. The minimum atomic E-state index is -0.214. The minimum Gasteiger partial charge on any atom is -0.469 e. The molecule has 1 aliphatic rings. The van der Waals surface area contributed by atoms with Crippen molar-refractivity contribution in [2.24, 2.45) is 0 Å². The van der Waals surface area contributed by atoms with Crippen LogP contribution >= 0.6 is 0 Å². The van der Waals surface area contributed by atoms with Gasteiger partial charge in [0, 0.05) is 25.7 Å². The Kier molecular flexibility index (Phi) is 4.54. The molecule has 1 N–H and O–H groups in total. The lowest BCUT2D eigenvalue weighted by Crippen LogP contribution is -2.28. The molecule has 1 saturated carbocycles. The molecule has 0 aromatic carbocycles. The minimum absolute atomic E-state index is 0.214. The van der Waals surface area contributed by atoms with E-state index in [1.54, 1.807) is 6.33 Å². The van der Waals surface area contributed by atoms with Gasteiger partial charge in [0.1, 0.15) is 18.0 Å². The number of carbonyl (C=O) groups excluding carboxylic acids is 1. The van der Waals surface area contributed by atoms with E-state index in [9.17, 15) is 4.79 Å². The number of ether oxygens (including phenoxy) is 1. The van der Waals surface area contributed by atoms with Crippen molar-refractivity contribution in [1.29, 1.82) is 0 Å². The number of nitrogens with one attached hydrogen (secondary N) is 1. The Hall–Kier alpha value is -1.85.